The molecule has 1 aliphatic rings. The van der Waals surface area contributed by atoms with Gasteiger partial charge in [-0.2, -0.15) is 0 Å². The topological polar surface area (TPSA) is 67.9 Å². The fourth-order valence-corrected chi connectivity index (χ4v) is 2.29. The van der Waals surface area contributed by atoms with E-state index >= 15 is 0 Å². The molecule has 1 atom stereocenters. The van der Waals surface area contributed by atoms with Crippen LogP contribution in [0.2, 0.25) is 0 Å². The number of fused-ring (bicyclic) bond motifs is 1. The summed E-state index contributed by atoms with van der Waals surface area (Å²) in [6, 6.07) is 5.43. The average molecular weight is 318 g/mol. The molecule has 0 saturated carbocycles. The third-order valence-electron chi connectivity index (χ3n) is 3.47. The largest absolute Gasteiger partial charge is 0.494 e. The van der Waals surface area contributed by atoms with Gasteiger partial charge in [0.25, 0.3) is 0 Å². The number of hydrogen-bond acceptors (Lipinski definition) is 4. The Morgan fingerprint density at radius 2 is 2.17 bits per heavy atom. The zero-order valence-electron chi connectivity index (χ0n) is 13.7. The van der Waals surface area contributed by atoms with Gasteiger partial charge in [0.05, 0.1) is 19.3 Å². The van der Waals surface area contributed by atoms with Crippen LogP contribution in [0.15, 0.2) is 30.4 Å². The van der Waals surface area contributed by atoms with Crippen molar-refractivity contribution in [1.29, 1.82) is 0 Å². The lowest BCUT2D eigenvalue weighted by Crippen LogP contribution is -2.31. The van der Waals surface area contributed by atoms with Crippen LogP contribution in [0.3, 0.4) is 0 Å². The fourth-order valence-electron chi connectivity index (χ4n) is 2.29. The highest BCUT2D eigenvalue weighted by Crippen LogP contribution is 2.34. The molecule has 0 fully saturated rings. The fraction of sp³-hybridized carbons (Fsp3) is 0.412. The van der Waals surface area contributed by atoms with Crippen LogP contribution in [0.1, 0.15) is 24.9 Å². The first-order valence-electron chi connectivity index (χ1n) is 7.60. The zero-order chi connectivity index (χ0) is 16.8. The van der Waals surface area contributed by atoms with E-state index in [4.69, 9.17) is 9.47 Å². The van der Waals surface area contributed by atoms with Crippen LogP contribution in [-0.2, 0) is 9.59 Å². The van der Waals surface area contributed by atoms with Crippen LogP contribution in [0, 0.1) is 0 Å². The number of rotatable bonds is 5. The molecule has 0 aliphatic carbocycles. The second-order valence-corrected chi connectivity index (χ2v) is 5.40. The predicted molar refractivity (Wildman–Crippen MR) is 86.4 cm³/mol. The summed E-state index contributed by atoms with van der Waals surface area (Å²) < 4.78 is 11.1. The molecule has 2 rings (SSSR count). The molecule has 23 heavy (non-hydrogen) atoms. The van der Waals surface area contributed by atoms with Crippen LogP contribution < -0.4 is 14.8 Å². The maximum atomic E-state index is 12.0. The third-order valence-corrected chi connectivity index (χ3v) is 3.47. The van der Waals surface area contributed by atoms with E-state index in [1.165, 1.54) is 17.1 Å². The van der Waals surface area contributed by atoms with Gasteiger partial charge in [0, 0.05) is 38.2 Å². The Morgan fingerprint density at radius 3 is 2.87 bits per heavy atom. The van der Waals surface area contributed by atoms with Gasteiger partial charge in [-0.3, -0.25) is 9.59 Å². The van der Waals surface area contributed by atoms with Gasteiger partial charge in [-0.15, -0.1) is 0 Å². The van der Waals surface area contributed by atoms with Crippen molar-refractivity contribution in [2.75, 3.05) is 27.3 Å². The maximum Gasteiger partial charge on any atom is 0.246 e. The van der Waals surface area contributed by atoms with Gasteiger partial charge >= 0.3 is 0 Å². The minimum absolute atomic E-state index is 0.161. The number of ether oxygens (including phenoxy) is 2. The number of carbonyl (C=O) groups is 2. The predicted octanol–water partition coefficient (Wildman–Crippen LogP) is 1.67. The molecule has 1 unspecified atom stereocenters. The molecule has 0 radical (unpaired) electrons. The molecule has 0 spiro atoms. The summed E-state index contributed by atoms with van der Waals surface area (Å²) in [5.41, 5.74) is 0.892. The lowest BCUT2D eigenvalue weighted by atomic mass is 10.00. The van der Waals surface area contributed by atoms with Crippen molar-refractivity contribution >= 4 is 11.8 Å². The quantitative estimate of drug-likeness (QED) is 0.839. The molecule has 0 aromatic heterocycles. The Kier molecular flexibility index (Phi) is 5.62. The highest BCUT2D eigenvalue weighted by Gasteiger charge is 2.23. The number of nitrogens with zero attached hydrogens (tertiary/aromatic N) is 1. The van der Waals surface area contributed by atoms with Crippen LogP contribution in [0.5, 0.6) is 11.5 Å². The van der Waals surface area contributed by atoms with Gasteiger partial charge in [-0.25, -0.2) is 0 Å². The summed E-state index contributed by atoms with van der Waals surface area (Å²) in [5.74, 6) is 0.957. The van der Waals surface area contributed by atoms with Crippen LogP contribution >= 0.6 is 0 Å². The Morgan fingerprint density at radius 1 is 1.39 bits per heavy atom. The minimum Gasteiger partial charge on any atom is -0.494 e. The Hall–Kier alpha value is -2.50. The van der Waals surface area contributed by atoms with E-state index in [2.05, 4.69) is 5.32 Å². The molecule has 1 aromatic carbocycles. The highest BCUT2D eigenvalue weighted by molar-refractivity contribution is 5.96. The minimum atomic E-state index is -0.306. The summed E-state index contributed by atoms with van der Waals surface area (Å²) in [5, 5.41) is 2.91. The molecule has 6 nitrogen and oxygen atoms in total. The van der Waals surface area contributed by atoms with Gasteiger partial charge in [-0.05, 0) is 25.1 Å². The first-order chi connectivity index (χ1) is 11.0. The number of likely N-dealkylation sites (N-methyl/N-ethyl adjacent to an activating group) is 1. The van der Waals surface area contributed by atoms with Gasteiger partial charge in [0.1, 0.15) is 11.5 Å². The van der Waals surface area contributed by atoms with Crippen molar-refractivity contribution in [3.8, 4) is 11.5 Å². The lowest BCUT2D eigenvalue weighted by Gasteiger charge is -2.26. The van der Waals surface area contributed by atoms with E-state index in [0.29, 0.717) is 19.6 Å². The molecular weight excluding hydrogens is 296 g/mol. The monoisotopic (exact) mass is 318 g/mol. The summed E-state index contributed by atoms with van der Waals surface area (Å²) in [6.07, 6.45) is 3.18. The Balaban J connectivity index is 2.09. The first kappa shape index (κ1) is 16.9. The Bertz CT molecular complexity index is 611. The second-order valence-electron chi connectivity index (χ2n) is 5.40. The second kappa shape index (κ2) is 7.67. The van der Waals surface area contributed by atoms with Crippen molar-refractivity contribution in [2.24, 2.45) is 0 Å². The van der Waals surface area contributed by atoms with Crippen LogP contribution in [0.25, 0.3) is 0 Å². The first-order valence-corrected chi connectivity index (χ1v) is 7.60. The molecule has 124 valence electrons. The molecule has 0 bridgehead atoms. The highest BCUT2D eigenvalue weighted by atomic mass is 16.5. The van der Waals surface area contributed by atoms with Crippen molar-refractivity contribution < 1.29 is 19.1 Å². The molecule has 1 N–H and O–H groups in total. The van der Waals surface area contributed by atoms with Crippen LogP contribution in [0.4, 0.5) is 0 Å². The smallest absolute Gasteiger partial charge is 0.246 e. The number of benzene rings is 1. The van der Waals surface area contributed by atoms with E-state index in [1.54, 1.807) is 14.1 Å². The van der Waals surface area contributed by atoms with Crippen molar-refractivity contribution in [3.63, 3.8) is 0 Å². The molecule has 0 saturated heterocycles. The average Bonchev–Trinajstić information content (AvgIpc) is 2.53. The third kappa shape index (κ3) is 4.48. The van der Waals surface area contributed by atoms with E-state index in [1.807, 2.05) is 25.1 Å². The van der Waals surface area contributed by atoms with E-state index in [-0.39, 0.29) is 17.9 Å². The number of nitrogens with one attached hydrogen (secondary N) is 1. The molecule has 1 aromatic rings. The van der Waals surface area contributed by atoms with Crippen molar-refractivity contribution in [3.05, 3.63) is 35.9 Å². The number of amides is 2. The summed E-state index contributed by atoms with van der Waals surface area (Å²) in [7, 11) is 3.27. The normalized spacial score (nSPS) is 16.4. The van der Waals surface area contributed by atoms with Crippen LogP contribution in [-0.4, -0.2) is 44.0 Å². The zero-order valence-corrected chi connectivity index (χ0v) is 13.7. The summed E-state index contributed by atoms with van der Waals surface area (Å²) in [6.45, 7) is 3.03. The van der Waals surface area contributed by atoms with Crippen molar-refractivity contribution in [2.45, 2.75) is 19.4 Å². The van der Waals surface area contributed by atoms with Crippen molar-refractivity contribution in [1.82, 2.24) is 10.2 Å². The molecule has 6 heteroatoms. The number of carbonyl (C=O) groups excluding carboxylic acids is 2. The summed E-state index contributed by atoms with van der Waals surface area (Å²) >= 11 is 0. The summed E-state index contributed by atoms with van der Waals surface area (Å²) in [4.78, 5) is 24.9. The lowest BCUT2D eigenvalue weighted by molar-refractivity contribution is -0.124. The Labute approximate surface area is 136 Å². The van der Waals surface area contributed by atoms with E-state index in [9.17, 15) is 9.59 Å². The van der Waals surface area contributed by atoms with Gasteiger partial charge in [0.15, 0.2) is 0 Å². The molecular formula is C17H22N2O4. The van der Waals surface area contributed by atoms with E-state index in [0.717, 1.165) is 17.1 Å². The maximum absolute atomic E-state index is 12.0. The van der Waals surface area contributed by atoms with Gasteiger partial charge < -0.3 is 19.7 Å². The van der Waals surface area contributed by atoms with Gasteiger partial charge in [-0.1, -0.05) is 0 Å². The number of hydrogen-bond donors (Lipinski definition) is 1. The van der Waals surface area contributed by atoms with Gasteiger partial charge in [0.2, 0.25) is 11.8 Å². The molecule has 2 amide bonds. The molecule has 1 heterocycles. The standard InChI is InChI=1S/C17H22N2O4/c1-4-22-12-5-6-15-13(11-12)14(9-10-23-15)18-16(20)7-8-17(21)19(2)3/h5-8,11,14H,4,9-10H2,1-3H3,(H,18,20)/b8-7+. The van der Waals surface area contributed by atoms with E-state index < -0.39 is 0 Å². The SMILES string of the molecule is CCOc1ccc2c(c1)C(NC(=O)/C=C/C(=O)N(C)C)CCO2. The molecule has 1 aliphatic heterocycles.